The minimum Gasteiger partial charge on any atom is -0.309 e. The van der Waals surface area contributed by atoms with Gasteiger partial charge in [-0.2, -0.15) is 0 Å². The van der Waals surface area contributed by atoms with Crippen molar-refractivity contribution in [3.05, 3.63) is 29.3 Å². The molecular weight excluding hydrogens is 230 g/mol. The molecule has 0 aliphatic heterocycles. The van der Waals surface area contributed by atoms with Crippen LogP contribution in [-0.2, 0) is 6.54 Å². The summed E-state index contributed by atoms with van der Waals surface area (Å²) in [4.78, 5) is 6.81. The van der Waals surface area contributed by atoms with E-state index < -0.39 is 0 Å². The highest BCUT2D eigenvalue weighted by molar-refractivity contribution is 7.18. The van der Waals surface area contributed by atoms with Crippen LogP contribution in [-0.4, -0.2) is 36.6 Å². The topological polar surface area (TPSA) is 28.2 Å². The van der Waals surface area contributed by atoms with Crippen LogP contribution in [0.1, 0.15) is 11.9 Å². The Morgan fingerprint density at radius 3 is 2.82 bits per heavy atom. The number of aromatic nitrogens is 1. The SMILES string of the molecule is CC(CNCc1nc2ccccc2s1)N(C)C. The smallest absolute Gasteiger partial charge is 0.108 e. The van der Waals surface area contributed by atoms with Gasteiger partial charge in [-0.05, 0) is 33.2 Å². The highest BCUT2D eigenvalue weighted by atomic mass is 32.1. The number of nitrogens with zero attached hydrogens (tertiary/aromatic N) is 2. The second-order valence-corrected chi connectivity index (χ2v) is 5.63. The van der Waals surface area contributed by atoms with Gasteiger partial charge in [-0.1, -0.05) is 12.1 Å². The molecule has 2 aromatic rings. The van der Waals surface area contributed by atoms with Gasteiger partial charge in [-0.25, -0.2) is 4.98 Å². The number of benzene rings is 1. The van der Waals surface area contributed by atoms with Gasteiger partial charge >= 0.3 is 0 Å². The van der Waals surface area contributed by atoms with E-state index in [-0.39, 0.29) is 0 Å². The minimum absolute atomic E-state index is 0.546. The van der Waals surface area contributed by atoms with Crippen molar-refractivity contribution >= 4 is 21.6 Å². The Labute approximate surface area is 106 Å². The van der Waals surface area contributed by atoms with Crippen LogP contribution in [0.2, 0.25) is 0 Å². The first-order valence-corrected chi connectivity index (χ1v) is 6.70. The van der Waals surface area contributed by atoms with E-state index in [1.54, 1.807) is 11.3 Å². The van der Waals surface area contributed by atoms with Gasteiger partial charge < -0.3 is 10.2 Å². The predicted molar refractivity (Wildman–Crippen MR) is 74.5 cm³/mol. The van der Waals surface area contributed by atoms with E-state index in [0.29, 0.717) is 6.04 Å². The Morgan fingerprint density at radius 1 is 1.35 bits per heavy atom. The summed E-state index contributed by atoms with van der Waals surface area (Å²) < 4.78 is 1.27. The van der Waals surface area contributed by atoms with Crippen LogP contribution in [0.5, 0.6) is 0 Å². The molecule has 1 aromatic carbocycles. The van der Waals surface area contributed by atoms with Crippen LogP contribution in [0.25, 0.3) is 10.2 Å². The Bertz CT molecular complexity index is 445. The number of rotatable bonds is 5. The lowest BCUT2D eigenvalue weighted by Gasteiger charge is -2.19. The van der Waals surface area contributed by atoms with E-state index in [9.17, 15) is 0 Å². The molecule has 3 nitrogen and oxygen atoms in total. The maximum Gasteiger partial charge on any atom is 0.108 e. The summed E-state index contributed by atoms with van der Waals surface area (Å²) in [6.07, 6.45) is 0. The zero-order valence-electron chi connectivity index (χ0n) is 10.6. The molecule has 0 radical (unpaired) electrons. The number of para-hydroxylation sites is 1. The van der Waals surface area contributed by atoms with Crippen LogP contribution in [0.3, 0.4) is 0 Å². The maximum atomic E-state index is 4.60. The van der Waals surface area contributed by atoms with Gasteiger partial charge in [0.1, 0.15) is 5.01 Å². The second kappa shape index (κ2) is 5.58. The van der Waals surface area contributed by atoms with Gasteiger partial charge in [0, 0.05) is 19.1 Å². The zero-order valence-corrected chi connectivity index (χ0v) is 11.4. The Morgan fingerprint density at radius 2 is 2.12 bits per heavy atom. The molecule has 0 amide bonds. The fraction of sp³-hybridized carbons (Fsp3) is 0.462. The Kier molecular flexibility index (Phi) is 4.10. The molecule has 1 unspecified atom stereocenters. The number of hydrogen-bond donors (Lipinski definition) is 1. The standard InChI is InChI=1S/C13H19N3S/c1-10(16(2)3)8-14-9-13-15-11-6-4-5-7-12(11)17-13/h4-7,10,14H,8-9H2,1-3H3. The largest absolute Gasteiger partial charge is 0.309 e. The fourth-order valence-corrected chi connectivity index (χ4v) is 2.50. The van der Waals surface area contributed by atoms with Crippen molar-refractivity contribution < 1.29 is 0 Å². The van der Waals surface area contributed by atoms with Crippen molar-refractivity contribution in [2.75, 3.05) is 20.6 Å². The average Bonchev–Trinajstić information content (AvgIpc) is 2.71. The molecule has 2 rings (SSSR count). The molecule has 0 aliphatic rings. The Hall–Kier alpha value is -0.970. The molecular formula is C13H19N3S. The van der Waals surface area contributed by atoms with Gasteiger partial charge in [0.25, 0.3) is 0 Å². The van der Waals surface area contributed by atoms with Crippen LogP contribution in [0, 0.1) is 0 Å². The van der Waals surface area contributed by atoms with E-state index >= 15 is 0 Å². The first-order valence-electron chi connectivity index (χ1n) is 5.88. The van der Waals surface area contributed by atoms with Crippen LogP contribution >= 0.6 is 11.3 Å². The molecule has 92 valence electrons. The van der Waals surface area contributed by atoms with Crippen LogP contribution in [0.4, 0.5) is 0 Å². The first kappa shape index (κ1) is 12.5. The third kappa shape index (κ3) is 3.25. The van der Waals surface area contributed by atoms with Crippen molar-refractivity contribution in [2.45, 2.75) is 19.5 Å². The summed E-state index contributed by atoms with van der Waals surface area (Å²) >= 11 is 1.77. The molecule has 1 aromatic heterocycles. The molecule has 0 saturated carbocycles. The fourth-order valence-electron chi connectivity index (χ4n) is 1.57. The quantitative estimate of drug-likeness (QED) is 0.881. The molecule has 0 saturated heterocycles. The van der Waals surface area contributed by atoms with Crippen LogP contribution in [0.15, 0.2) is 24.3 Å². The predicted octanol–water partition coefficient (Wildman–Crippen LogP) is 2.34. The number of likely N-dealkylation sites (N-methyl/N-ethyl adjacent to an activating group) is 1. The lowest BCUT2D eigenvalue weighted by molar-refractivity contribution is 0.302. The molecule has 0 spiro atoms. The van der Waals surface area contributed by atoms with Crippen molar-refractivity contribution in [3.63, 3.8) is 0 Å². The number of thiazole rings is 1. The van der Waals surface area contributed by atoms with Crippen molar-refractivity contribution in [3.8, 4) is 0 Å². The number of hydrogen-bond acceptors (Lipinski definition) is 4. The third-order valence-corrected chi connectivity index (χ3v) is 3.97. The lowest BCUT2D eigenvalue weighted by Crippen LogP contribution is -2.35. The summed E-state index contributed by atoms with van der Waals surface area (Å²) in [6.45, 7) is 4.06. The lowest BCUT2D eigenvalue weighted by atomic mass is 10.3. The molecule has 0 fully saturated rings. The maximum absolute atomic E-state index is 4.60. The van der Waals surface area contributed by atoms with E-state index in [2.05, 4.69) is 54.4 Å². The summed E-state index contributed by atoms with van der Waals surface area (Å²) in [5, 5.41) is 4.61. The van der Waals surface area contributed by atoms with Crippen molar-refractivity contribution in [2.24, 2.45) is 0 Å². The molecule has 1 N–H and O–H groups in total. The molecule has 17 heavy (non-hydrogen) atoms. The number of fused-ring (bicyclic) bond motifs is 1. The summed E-state index contributed by atoms with van der Waals surface area (Å²) in [6, 6.07) is 8.83. The highest BCUT2D eigenvalue weighted by Gasteiger charge is 2.05. The van der Waals surface area contributed by atoms with Gasteiger partial charge in [0.2, 0.25) is 0 Å². The first-order chi connectivity index (χ1) is 8.16. The highest BCUT2D eigenvalue weighted by Crippen LogP contribution is 2.21. The number of nitrogens with one attached hydrogen (secondary N) is 1. The van der Waals surface area contributed by atoms with Crippen molar-refractivity contribution in [1.82, 2.24) is 15.2 Å². The second-order valence-electron chi connectivity index (χ2n) is 4.52. The molecule has 1 heterocycles. The Balaban J connectivity index is 1.91. The van der Waals surface area contributed by atoms with Gasteiger partial charge in [-0.3, -0.25) is 0 Å². The van der Waals surface area contributed by atoms with E-state index in [4.69, 9.17) is 0 Å². The monoisotopic (exact) mass is 249 g/mol. The van der Waals surface area contributed by atoms with Gasteiger partial charge in [0.05, 0.1) is 10.2 Å². The van der Waals surface area contributed by atoms with E-state index in [1.165, 1.54) is 4.70 Å². The molecule has 0 aliphatic carbocycles. The molecule has 4 heteroatoms. The minimum atomic E-state index is 0.546. The summed E-state index contributed by atoms with van der Waals surface area (Å²) in [5.74, 6) is 0. The summed E-state index contributed by atoms with van der Waals surface area (Å²) in [7, 11) is 4.20. The molecule has 0 bridgehead atoms. The summed E-state index contributed by atoms with van der Waals surface area (Å²) in [5.41, 5.74) is 1.11. The normalized spacial score (nSPS) is 13.4. The van der Waals surface area contributed by atoms with Gasteiger partial charge in [0.15, 0.2) is 0 Å². The van der Waals surface area contributed by atoms with Crippen LogP contribution < -0.4 is 5.32 Å². The average molecular weight is 249 g/mol. The van der Waals surface area contributed by atoms with Crippen molar-refractivity contribution in [1.29, 1.82) is 0 Å². The third-order valence-electron chi connectivity index (χ3n) is 2.94. The van der Waals surface area contributed by atoms with E-state index in [1.807, 2.05) is 6.07 Å². The molecule has 1 atom stereocenters. The van der Waals surface area contributed by atoms with Gasteiger partial charge in [-0.15, -0.1) is 11.3 Å². The van der Waals surface area contributed by atoms with E-state index in [0.717, 1.165) is 23.6 Å². The zero-order chi connectivity index (χ0) is 12.3.